The Morgan fingerprint density at radius 2 is 1.57 bits per heavy atom. The number of carbonyl (C=O) groups excluding carboxylic acids is 1. The molecule has 0 saturated heterocycles. The molecule has 2 unspecified atom stereocenters. The lowest BCUT2D eigenvalue weighted by Gasteiger charge is -2.35. The second-order valence-corrected chi connectivity index (χ2v) is 13.7. The van der Waals surface area contributed by atoms with Gasteiger partial charge in [0.2, 0.25) is 5.91 Å². The zero-order valence-corrected chi connectivity index (χ0v) is 30.0. The van der Waals surface area contributed by atoms with Crippen molar-refractivity contribution < 1.29 is 34.5 Å². The second kappa shape index (κ2) is 14.2. The number of aryl methyl sites for hydroxylation is 3. The number of carboxylic acids is 3. The molecule has 3 aliphatic rings. The number of hydrogen-bond acceptors (Lipinski definition) is 7. The molecule has 0 saturated carbocycles. The van der Waals surface area contributed by atoms with Gasteiger partial charge in [-0.2, -0.15) is 0 Å². The van der Waals surface area contributed by atoms with E-state index in [9.17, 15) is 34.5 Å². The standard InChI is InChI=1S/C40H42N6O7/c1-6-22-19(2)28-16-33-26-10-7-25(38(50)51)37(39(52)53)40(26,5)34(46-33)18-29-21(4)24(9-12-36(48)49)32(45-29)17-31-23(8-11-35(47)42-14-13-41)20(3)27(44-31)15-30(22)43-28/h6-7,10,15-18,37,43,45H,1,8-9,11-14,41H2,2-5H3,(H,42,47)(H,48,49)(H,50,51)(H,52,53). The normalized spacial score (nSPS) is 17.9. The predicted octanol–water partition coefficient (Wildman–Crippen LogP) is 5.44. The van der Waals surface area contributed by atoms with E-state index >= 15 is 0 Å². The average molecular weight is 719 g/mol. The molecule has 13 nitrogen and oxygen atoms in total. The Morgan fingerprint density at radius 3 is 2.23 bits per heavy atom. The molecule has 1 aliphatic carbocycles. The van der Waals surface area contributed by atoms with Crippen LogP contribution in [0, 0.1) is 19.8 Å². The lowest BCUT2D eigenvalue weighted by molar-refractivity contribution is -0.145. The van der Waals surface area contributed by atoms with Crippen LogP contribution >= 0.6 is 0 Å². The van der Waals surface area contributed by atoms with Crippen LogP contribution in [0.5, 0.6) is 0 Å². The van der Waals surface area contributed by atoms with E-state index < -0.39 is 29.2 Å². The number of aromatic amines is 2. The van der Waals surface area contributed by atoms with Crippen LogP contribution in [0.25, 0.3) is 44.9 Å². The first-order valence-electron chi connectivity index (χ1n) is 17.3. The second-order valence-electron chi connectivity index (χ2n) is 13.7. The van der Waals surface area contributed by atoms with E-state index in [1.165, 1.54) is 6.08 Å². The lowest BCUT2D eigenvalue weighted by atomic mass is 9.64. The monoisotopic (exact) mass is 718 g/mol. The van der Waals surface area contributed by atoms with Gasteiger partial charge in [-0.1, -0.05) is 24.8 Å². The molecule has 3 aromatic rings. The highest BCUT2D eigenvalue weighted by Gasteiger charge is 2.53. The summed E-state index contributed by atoms with van der Waals surface area (Å²) in [5.41, 5.74) is 14.0. The summed E-state index contributed by atoms with van der Waals surface area (Å²) in [4.78, 5) is 66.7. The highest BCUT2D eigenvalue weighted by molar-refractivity contribution is 6.01. The number of amides is 1. The van der Waals surface area contributed by atoms with Gasteiger partial charge in [-0.15, -0.1) is 0 Å². The maximum absolute atomic E-state index is 12.9. The number of carbonyl (C=O) groups is 4. The van der Waals surface area contributed by atoms with Gasteiger partial charge >= 0.3 is 17.9 Å². The van der Waals surface area contributed by atoms with Gasteiger partial charge in [-0.3, -0.25) is 19.4 Å². The number of rotatable bonds is 11. The average Bonchev–Trinajstić information content (AvgIpc) is 3.76. The van der Waals surface area contributed by atoms with Crippen molar-refractivity contribution in [2.75, 3.05) is 13.1 Å². The van der Waals surface area contributed by atoms with Crippen LogP contribution in [0.2, 0.25) is 0 Å². The third-order valence-corrected chi connectivity index (χ3v) is 10.6. The van der Waals surface area contributed by atoms with E-state index in [2.05, 4.69) is 21.9 Å². The molecule has 274 valence electrons. The Bertz CT molecular complexity index is 2380. The van der Waals surface area contributed by atoms with Gasteiger partial charge < -0.3 is 36.3 Å². The van der Waals surface area contributed by atoms with Crippen molar-refractivity contribution >= 4 is 68.7 Å². The number of carboxylic acid groups (broad SMARTS) is 3. The molecule has 0 radical (unpaired) electrons. The summed E-state index contributed by atoms with van der Waals surface area (Å²) in [6.45, 7) is 12.2. The Hall–Kier alpha value is -6.08. The maximum Gasteiger partial charge on any atom is 0.332 e. The van der Waals surface area contributed by atoms with Crippen molar-refractivity contribution in [3.05, 3.63) is 93.6 Å². The summed E-state index contributed by atoms with van der Waals surface area (Å²) < 4.78 is 0. The van der Waals surface area contributed by atoms with Gasteiger partial charge in [-0.25, -0.2) is 9.78 Å². The SMILES string of the molecule is C=Cc1c(C)c2cc3nc(cc4[nH]c(cc5nc(cc1[nH]2)C(C)=C5CCC(=O)NCCN)c(CCC(=O)O)c4C)C1(C)C3=CC=C(C(=O)O)C1C(=O)O. The molecule has 53 heavy (non-hydrogen) atoms. The highest BCUT2D eigenvalue weighted by atomic mass is 16.4. The lowest BCUT2D eigenvalue weighted by Crippen LogP contribution is -2.41. The van der Waals surface area contributed by atoms with Gasteiger partial charge in [0.25, 0.3) is 0 Å². The summed E-state index contributed by atoms with van der Waals surface area (Å²) >= 11 is 0. The molecule has 0 aromatic carbocycles. The van der Waals surface area contributed by atoms with E-state index in [1.807, 2.05) is 39.0 Å². The smallest absolute Gasteiger partial charge is 0.332 e. The summed E-state index contributed by atoms with van der Waals surface area (Å²) in [5.74, 6) is -5.23. The molecule has 2 aliphatic heterocycles. The first-order chi connectivity index (χ1) is 25.2. The Kier molecular flexibility index (Phi) is 9.80. The van der Waals surface area contributed by atoms with Crippen molar-refractivity contribution in [2.24, 2.45) is 11.7 Å². The zero-order valence-electron chi connectivity index (χ0n) is 30.0. The van der Waals surface area contributed by atoms with Crippen LogP contribution in [0.3, 0.4) is 0 Å². The minimum Gasteiger partial charge on any atom is -0.481 e. The number of nitrogens with two attached hydrogens (primary N) is 1. The van der Waals surface area contributed by atoms with E-state index in [0.717, 1.165) is 38.9 Å². The van der Waals surface area contributed by atoms with Crippen LogP contribution in [-0.4, -0.2) is 72.2 Å². The van der Waals surface area contributed by atoms with Crippen molar-refractivity contribution in [1.29, 1.82) is 0 Å². The fraction of sp³-hybridized carbons (Fsp3) is 0.300. The van der Waals surface area contributed by atoms with Crippen LogP contribution < -0.4 is 11.1 Å². The largest absolute Gasteiger partial charge is 0.481 e. The van der Waals surface area contributed by atoms with Crippen molar-refractivity contribution in [3.63, 3.8) is 0 Å². The summed E-state index contributed by atoms with van der Waals surface area (Å²) in [5, 5.41) is 33.1. The van der Waals surface area contributed by atoms with Gasteiger partial charge in [0.05, 0.1) is 33.8 Å². The minimum absolute atomic E-state index is 0.145. The van der Waals surface area contributed by atoms with E-state index in [-0.39, 0.29) is 30.7 Å². The van der Waals surface area contributed by atoms with Crippen LogP contribution in [-0.2, 0) is 31.0 Å². The van der Waals surface area contributed by atoms with E-state index in [1.54, 1.807) is 25.1 Å². The molecular weight excluding hydrogens is 676 g/mol. The van der Waals surface area contributed by atoms with Crippen LogP contribution in [0.4, 0.5) is 0 Å². The molecule has 8 bridgehead atoms. The van der Waals surface area contributed by atoms with Crippen LogP contribution in [0.15, 0.2) is 48.6 Å². The zero-order chi connectivity index (χ0) is 38.4. The van der Waals surface area contributed by atoms with Gasteiger partial charge in [-0.05, 0) is 98.2 Å². The third-order valence-electron chi connectivity index (χ3n) is 10.6. The first kappa shape index (κ1) is 36.7. The first-order valence-corrected chi connectivity index (χ1v) is 17.3. The van der Waals surface area contributed by atoms with Gasteiger partial charge in [0.15, 0.2) is 0 Å². The van der Waals surface area contributed by atoms with Crippen LogP contribution in [0.1, 0.15) is 78.1 Å². The number of fused-ring (bicyclic) bond motifs is 11. The van der Waals surface area contributed by atoms with E-state index in [0.29, 0.717) is 64.4 Å². The number of H-pyrrole nitrogens is 2. The number of nitrogens with one attached hydrogen (secondary N) is 3. The van der Waals surface area contributed by atoms with E-state index in [4.69, 9.17) is 15.7 Å². The summed E-state index contributed by atoms with van der Waals surface area (Å²) in [7, 11) is 0. The molecule has 13 heteroatoms. The molecule has 1 amide bonds. The number of allylic oxidation sites excluding steroid dienone is 5. The summed E-state index contributed by atoms with van der Waals surface area (Å²) in [6, 6.07) is 7.33. The quantitative estimate of drug-likeness (QED) is 0.133. The Labute approximate surface area is 305 Å². The molecule has 0 fully saturated rings. The van der Waals surface area contributed by atoms with Crippen molar-refractivity contribution in [2.45, 2.75) is 58.8 Å². The molecule has 2 atom stereocenters. The van der Waals surface area contributed by atoms with Gasteiger partial charge in [0, 0.05) is 53.6 Å². The number of aliphatic carboxylic acids is 3. The Morgan fingerprint density at radius 1 is 0.887 bits per heavy atom. The van der Waals surface area contributed by atoms with Crippen molar-refractivity contribution in [1.82, 2.24) is 25.3 Å². The van der Waals surface area contributed by atoms with Gasteiger partial charge in [0.1, 0.15) is 5.92 Å². The molecule has 0 spiro atoms. The summed E-state index contributed by atoms with van der Waals surface area (Å²) in [6.07, 6.45) is 5.32. The third kappa shape index (κ3) is 6.48. The fourth-order valence-corrected chi connectivity index (χ4v) is 7.68. The minimum atomic E-state index is -1.47. The predicted molar refractivity (Wildman–Crippen MR) is 202 cm³/mol. The molecule has 5 heterocycles. The molecule has 6 rings (SSSR count). The molecule has 3 aromatic heterocycles. The highest BCUT2D eigenvalue weighted by Crippen LogP contribution is 2.52. The number of nitrogens with zero attached hydrogens (tertiary/aromatic N) is 2. The topological polar surface area (TPSA) is 224 Å². The van der Waals surface area contributed by atoms with Crippen molar-refractivity contribution in [3.8, 4) is 0 Å². The number of aromatic nitrogens is 4. The molecular formula is C40H42N6O7. The maximum atomic E-state index is 12.9. The molecule has 8 N–H and O–H groups in total. The fourth-order valence-electron chi connectivity index (χ4n) is 7.68. The Balaban J connectivity index is 1.73. The number of hydrogen-bond donors (Lipinski definition) is 7.